The van der Waals surface area contributed by atoms with Crippen LogP contribution in [0.25, 0.3) is 0 Å². The minimum Gasteiger partial charge on any atom is -0.481 e. The van der Waals surface area contributed by atoms with Crippen molar-refractivity contribution in [2.75, 3.05) is 0 Å². The fraction of sp³-hybridized carbons (Fsp3) is 0.929. The molecule has 8 bridgehead atoms. The van der Waals surface area contributed by atoms with Gasteiger partial charge in [0.25, 0.3) is 0 Å². The largest absolute Gasteiger partial charge is 0.481 e. The lowest BCUT2D eigenvalue weighted by Gasteiger charge is -2.77. The zero-order valence-electron chi connectivity index (χ0n) is 20.2. The molecule has 4 unspecified atom stereocenters. The predicted octanol–water partition coefficient (Wildman–Crippen LogP) is 6.67. The standard InChI is InChI=1S/C28H42O4/c1-3-5-23-12-24(6-4-2)14-26(13-23,22(31)32)18-28(15-23,16-24)27-10-19-7-20(11-27)9-25(8-19,17-27)21(29)30/h19-20H,3-18H2,1-2H3,(H,29,30)(H,31,32). The molecule has 2 N–H and O–H groups in total. The van der Waals surface area contributed by atoms with E-state index in [1.165, 1.54) is 38.5 Å². The fourth-order valence-electron chi connectivity index (χ4n) is 12.6. The first kappa shape index (κ1) is 21.5. The van der Waals surface area contributed by atoms with Gasteiger partial charge in [-0.2, -0.15) is 0 Å². The summed E-state index contributed by atoms with van der Waals surface area (Å²) in [6, 6.07) is 0. The SMILES string of the molecule is CCCC12CC3(CCC)CC(C(=O)O)(C1)CC(C14CC5CC(CC(C(=O)O)(C5)C1)C4)(C2)C3. The van der Waals surface area contributed by atoms with Gasteiger partial charge in [0.15, 0.2) is 0 Å². The lowest BCUT2D eigenvalue weighted by Crippen LogP contribution is -2.70. The van der Waals surface area contributed by atoms with Crippen LogP contribution in [-0.2, 0) is 9.59 Å². The molecule has 0 amide bonds. The molecule has 8 aliphatic carbocycles. The lowest BCUT2D eigenvalue weighted by molar-refractivity contribution is -0.280. The topological polar surface area (TPSA) is 74.6 Å². The molecular weight excluding hydrogens is 400 g/mol. The predicted molar refractivity (Wildman–Crippen MR) is 122 cm³/mol. The molecule has 8 aliphatic rings. The lowest BCUT2D eigenvalue weighted by atomic mass is 9.27. The monoisotopic (exact) mass is 442 g/mol. The Labute approximate surface area is 192 Å². The number of hydrogen-bond donors (Lipinski definition) is 2. The second-order valence-electron chi connectivity index (χ2n) is 14.3. The molecule has 8 saturated carbocycles. The summed E-state index contributed by atoms with van der Waals surface area (Å²) in [6.07, 6.45) is 16.9. The van der Waals surface area contributed by atoms with Gasteiger partial charge in [-0.05, 0) is 123 Å². The number of hydrogen-bond acceptors (Lipinski definition) is 2. The van der Waals surface area contributed by atoms with E-state index < -0.39 is 22.8 Å². The highest BCUT2D eigenvalue weighted by Gasteiger charge is 2.76. The van der Waals surface area contributed by atoms with Crippen molar-refractivity contribution < 1.29 is 19.8 Å². The van der Waals surface area contributed by atoms with Crippen LogP contribution in [0.1, 0.15) is 117 Å². The van der Waals surface area contributed by atoms with Gasteiger partial charge in [-0.25, -0.2) is 0 Å². The van der Waals surface area contributed by atoms with Crippen LogP contribution >= 0.6 is 0 Å². The Hall–Kier alpha value is -1.06. The summed E-state index contributed by atoms with van der Waals surface area (Å²) in [6.45, 7) is 4.55. The van der Waals surface area contributed by atoms with Crippen LogP contribution in [0.5, 0.6) is 0 Å². The summed E-state index contributed by atoms with van der Waals surface area (Å²) < 4.78 is 0. The quantitative estimate of drug-likeness (QED) is 0.462. The van der Waals surface area contributed by atoms with Crippen molar-refractivity contribution in [1.29, 1.82) is 0 Å². The van der Waals surface area contributed by atoms with Gasteiger partial charge in [-0.1, -0.05) is 26.7 Å². The molecule has 0 aromatic carbocycles. The van der Waals surface area contributed by atoms with Gasteiger partial charge >= 0.3 is 11.9 Å². The van der Waals surface area contributed by atoms with Crippen LogP contribution < -0.4 is 0 Å². The summed E-state index contributed by atoms with van der Waals surface area (Å²) in [5.74, 6) is -0.00410. The van der Waals surface area contributed by atoms with Crippen molar-refractivity contribution in [3.05, 3.63) is 0 Å². The summed E-state index contributed by atoms with van der Waals surface area (Å²) in [4.78, 5) is 25.6. The highest BCUT2D eigenvalue weighted by Crippen LogP contribution is 2.83. The van der Waals surface area contributed by atoms with Crippen LogP contribution in [0.4, 0.5) is 0 Å². The van der Waals surface area contributed by atoms with E-state index in [4.69, 9.17) is 0 Å². The van der Waals surface area contributed by atoms with Crippen LogP contribution in [-0.4, -0.2) is 22.2 Å². The molecule has 4 heteroatoms. The second kappa shape index (κ2) is 6.33. The van der Waals surface area contributed by atoms with E-state index in [0.29, 0.717) is 11.8 Å². The first-order valence-corrected chi connectivity index (χ1v) is 13.5. The molecule has 178 valence electrons. The van der Waals surface area contributed by atoms with Crippen molar-refractivity contribution in [1.82, 2.24) is 0 Å². The first-order chi connectivity index (χ1) is 15.1. The van der Waals surface area contributed by atoms with E-state index in [1.54, 1.807) is 0 Å². The third-order valence-electron chi connectivity index (χ3n) is 11.9. The maximum absolute atomic E-state index is 13.0. The van der Waals surface area contributed by atoms with Crippen molar-refractivity contribution in [3.8, 4) is 0 Å². The molecular formula is C28H42O4. The third kappa shape index (κ3) is 2.56. The van der Waals surface area contributed by atoms with E-state index >= 15 is 0 Å². The zero-order valence-corrected chi connectivity index (χ0v) is 20.2. The molecule has 32 heavy (non-hydrogen) atoms. The highest BCUT2D eigenvalue weighted by molar-refractivity contribution is 5.77. The van der Waals surface area contributed by atoms with Crippen LogP contribution in [0, 0.1) is 44.3 Å². The Bertz CT molecular complexity index is 821. The van der Waals surface area contributed by atoms with E-state index in [2.05, 4.69) is 13.8 Å². The number of rotatable bonds is 7. The second-order valence-corrected chi connectivity index (χ2v) is 14.3. The molecule has 4 nitrogen and oxygen atoms in total. The van der Waals surface area contributed by atoms with Gasteiger partial charge in [0, 0.05) is 0 Å². The van der Waals surface area contributed by atoms with Gasteiger partial charge in [0.05, 0.1) is 10.8 Å². The van der Waals surface area contributed by atoms with E-state index in [9.17, 15) is 19.8 Å². The van der Waals surface area contributed by atoms with E-state index in [0.717, 1.165) is 64.2 Å². The molecule has 0 aliphatic heterocycles. The molecule has 0 aromatic heterocycles. The Morgan fingerprint density at radius 1 is 0.656 bits per heavy atom. The van der Waals surface area contributed by atoms with Gasteiger partial charge in [-0.3, -0.25) is 9.59 Å². The zero-order chi connectivity index (χ0) is 22.6. The highest BCUT2D eigenvalue weighted by atomic mass is 16.4. The minimum atomic E-state index is -0.571. The Morgan fingerprint density at radius 2 is 1.16 bits per heavy atom. The van der Waals surface area contributed by atoms with Gasteiger partial charge < -0.3 is 10.2 Å². The van der Waals surface area contributed by atoms with Gasteiger partial charge in [0.2, 0.25) is 0 Å². The molecule has 8 fully saturated rings. The molecule has 0 spiro atoms. The number of carbonyl (C=O) groups is 2. The van der Waals surface area contributed by atoms with E-state index in [1.807, 2.05) is 0 Å². The molecule has 0 heterocycles. The average Bonchev–Trinajstić information content (AvgIpc) is 2.65. The maximum Gasteiger partial charge on any atom is 0.309 e. The fourth-order valence-corrected chi connectivity index (χ4v) is 12.6. The van der Waals surface area contributed by atoms with Crippen molar-refractivity contribution >= 4 is 11.9 Å². The number of aliphatic carboxylic acids is 2. The molecule has 8 rings (SSSR count). The first-order valence-electron chi connectivity index (χ1n) is 13.5. The maximum atomic E-state index is 13.0. The average molecular weight is 443 g/mol. The van der Waals surface area contributed by atoms with Gasteiger partial charge in [0.1, 0.15) is 0 Å². The summed E-state index contributed by atoms with van der Waals surface area (Å²) >= 11 is 0. The van der Waals surface area contributed by atoms with Gasteiger partial charge in [-0.15, -0.1) is 0 Å². The Kier molecular flexibility index (Phi) is 4.25. The Balaban J connectivity index is 1.51. The third-order valence-corrected chi connectivity index (χ3v) is 11.9. The van der Waals surface area contributed by atoms with E-state index in [-0.39, 0.29) is 21.7 Å². The van der Waals surface area contributed by atoms with Crippen molar-refractivity contribution in [3.63, 3.8) is 0 Å². The summed E-state index contributed by atoms with van der Waals surface area (Å²) in [7, 11) is 0. The number of carboxylic acids is 2. The summed E-state index contributed by atoms with van der Waals surface area (Å²) in [5.41, 5.74) is -0.662. The minimum absolute atomic E-state index is 0.0446. The van der Waals surface area contributed by atoms with Crippen molar-refractivity contribution in [2.24, 2.45) is 44.3 Å². The normalized spacial score (nSPS) is 54.8. The molecule has 4 atom stereocenters. The Morgan fingerprint density at radius 3 is 1.62 bits per heavy atom. The molecule has 0 saturated heterocycles. The molecule has 0 aromatic rings. The van der Waals surface area contributed by atoms with Crippen LogP contribution in [0.15, 0.2) is 0 Å². The van der Waals surface area contributed by atoms with Crippen LogP contribution in [0.3, 0.4) is 0 Å². The van der Waals surface area contributed by atoms with Crippen molar-refractivity contribution in [2.45, 2.75) is 117 Å². The van der Waals surface area contributed by atoms with Crippen LogP contribution in [0.2, 0.25) is 0 Å². The number of carboxylic acid groups (broad SMARTS) is 2. The smallest absolute Gasteiger partial charge is 0.309 e. The summed E-state index contributed by atoms with van der Waals surface area (Å²) in [5, 5.41) is 21.1. The molecule has 0 radical (unpaired) electrons.